The molecule has 7 heteroatoms. The van der Waals surface area contributed by atoms with Crippen molar-refractivity contribution in [1.29, 1.82) is 0 Å². The summed E-state index contributed by atoms with van der Waals surface area (Å²) in [5.74, 6) is 0.214. The van der Waals surface area contributed by atoms with Gasteiger partial charge in [0.05, 0.1) is 35.6 Å². The van der Waals surface area contributed by atoms with Gasteiger partial charge < -0.3 is 9.47 Å². The molecule has 1 aromatic heterocycles. The van der Waals surface area contributed by atoms with Gasteiger partial charge in [-0.3, -0.25) is 9.36 Å². The Bertz CT molecular complexity index is 1620. The molecule has 1 aliphatic heterocycles. The van der Waals surface area contributed by atoms with Crippen LogP contribution in [0.25, 0.3) is 11.8 Å². The Hall–Kier alpha value is -4.23. The molecule has 0 amide bonds. The Labute approximate surface area is 212 Å². The number of fused-ring (bicyclic) bond motifs is 1. The van der Waals surface area contributed by atoms with Crippen LogP contribution in [0.2, 0.25) is 0 Å². The molecule has 0 unspecified atom stereocenters. The molecule has 180 valence electrons. The van der Waals surface area contributed by atoms with Crippen LogP contribution in [0.5, 0.6) is 5.75 Å². The van der Waals surface area contributed by atoms with E-state index in [0.717, 1.165) is 16.7 Å². The summed E-state index contributed by atoms with van der Waals surface area (Å²) >= 11 is 1.30. The van der Waals surface area contributed by atoms with Crippen molar-refractivity contribution in [2.24, 2.45) is 4.99 Å². The Balaban J connectivity index is 1.81. The standard InChI is InChI=1S/C29H24N2O4S/c1-3-35-28(33)24-25(20-12-6-4-7-13-20)30-29-31(26(24)21-14-8-5-9-15-21)27(32)23(36-29)18-19-11-10-16-22(17-19)34-2/h4-18,26H,3H2,1-2H3/b23-18+/t26-/m1/s1. The number of nitrogens with zero attached hydrogens (tertiary/aromatic N) is 2. The van der Waals surface area contributed by atoms with Gasteiger partial charge in [0.1, 0.15) is 5.75 Å². The lowest BCUT2D eigenvalue weighted by atomic mass is 9.93. The van der Waals surface area contributed by atoms with Gasteiger partial charge in [-0.15, -0.1) is 0 Å². The molecule has 0 saturated heterocycles. The molecule has 0 saturated carbocycles. The maximum atomic E-state index is 13.8. The summed E-state index contributed by atoms with van der Waals surface area (Å²) in [4.78, 5) is 32.6. The first-order valence-corrected chi connectivity index (χ1v) is 12.4. The number of hydrogen-bond acceptors (Lipinski definition) is 6. The summed E-state index contributed by atoms with van der Waals surface area (Å²) in [6.07, 6.45) is 1.82. The first-order chi connectivity index (χ1) is 17.6. The van der Waals surface area contributed by atoms with Crippen LogP contribution in [0, 0.1) is 0 Å². The molecule has 4 aromatic rings. The smallest absolute Gasteiger partial charge is 0.338 e. The lowest BCUT2D eigenvalue weighted by Gasteiger charge is -2.25. The SMILES string of the molecule is CCOC(=O)C1=C(c2ccccc2)N=c2s/c(=C/c3cccc(OC)c3)c(=O)n2[C@@H]1c1ccccc1. The first kappa shape index (κ1) is 23.5. The van der Waals surface area contributed by atoms with E-state index >= 15 is 0 Å². The van der Waals surface area contributed by atoms with Gasteiger partial charge >= 0.3 is 5.97 Å². The van der Waals surface area contributed by atoms with E-state index < -0.39 is 12.0 Å². The lowest BCUT2D eigenvalue weighted by molar-refractivity contribution is -0.138. The highest BCUT2D eigenvalue weighted by molar-refractivity contribution is 7.07. The number of rotatable bonds is 6. The molecular formula is C29H24N2O4S. The monoisotopic (exact) mass is 496 g/mol. The Morgan fingerprint density at radius 2 is 1.75 bits per heavy atom. The van der Waals surface area contributed by atoms with Crippen molar-refractivity contribution in [2.75, 3.05) is 13.7 Å². The van der Waals surface area contributed by atoms with Gasteiger partial charge in [-0.2, -0.15) is 0 Å². The zero-order valence-corrected chi connectivity index (χ0v) is 20.7. The number of carbonyl (C=O) groups is 1. The van der Waals surface area contributed by atoms with Crippen LogP contribution in [-0.4, -0.2) is 24.3 Å². The summed E-state index contributed by atoms with van der Waals surface area (Å²) in [5, 5.41) is 0. The summed E-state index contributed by atoms with van der Waals surface area (Å²) in [6, 6.07) is 25.9. The van der Waals surface area contributed by atoms with E-state index in [2.05, 4.69) is 0 Å². The Kier molecular flexibility index (Phi) is 6.64. The topological polar surface area (TPSA) is 69.9 Å². The van der Waals surface area contributed by atoms with Crippen LogP contribution in [0.4, 0.5) is 0 Å². The van der Waals surface area contributed by atoms with Crippen molar-refractivity contribution >= 4 is 29.1 Å². The number of ether oxygens (including phenoxy) is 2. The second-order valence-electron chi connectivity index (χ2n) is 8.12. The predicted molar refractivity (Wildman–Crippen MR) is 140 cm³/mol. The van der Waals surface area contributed by atoms with Crippen molar-refractivity contribution in [3.05, 3.63) is 127 Å². The molecular weight excluding hydrogens is 472 g/mol. The van der Waals surface area contributed by atoms with E-state index in [1.807, 2.05) is 91.0 Å². The molecule has 0 radical (unpaired) electrons. The number of thiazole rings is 1. The third-order valence-electron chi connectivity index (χ3n) is 5.88. The van der Waals surface area contributed by atoms with E-state index in [0.29, 0.717) is 26.4 Å². The molecule has 0 aliphatic carbocycles. The van der Waals surface area contributed by atoms with Crippen molar-refractivity contribution in [3.8, 4) is 5.75 Å². The molecule has 0 N–H and O–H groups in total. The average molecular weight is 497 g/mol. The van der Waals surface area contributed by atoms with Crippen molar-refractivity contribution in [1.82, 2.24) is 4.57 Å². The molecule has 3 aromatic carbocycles. The largest absolute Gasteiger partial charge is 0.497 e. The molecule has 1 atom stereocenters. The molecule has 0 fully saturated rings. The van der Waals surface area contributed by atoms with E-state index in [4.69, 9.17) is 14.5 Å². The fraction of sp³-hybridized carbons (Fsp3) is 0.138. The van der Waals surface area contributed by atoms with Gasteiger partial charge in [0.15, 0.2) is 4.80 Å². The highest BCUT2D eigenvalue weighted by Gasteiger charge is 2.35. The van der Waals surface area contributed by atoms with Crippen molar-refractivity contribution in [3.63, 3.8) is 0 Å². The van der Waals surface area contributed by atoms with E-state index in [9.17, 15) is 9.59 Å². The number of methoxy groups -OCH3 is 1. The van der Waals surface area contributed by atoms with Crippen LogP contribution in [-0.2, 0) is 9.53 Å². The maximum Gasteiger partial charge on any atom is 0.338 e. The zero-order valence-electron chi connectivity index (χ0n) is 19.9. The number of hydrogen-bond donors (Lipinski definition) is 0. The number of aromatic nitrogens is 1. The van der Waals surface area contributed by atoms with Crippen LogP contribution in [0.15, 0.2) is 100 Å². The van der Waals surface area contributed by atoms with Crippen LogP contribution in [0.1, 0.15) is 29.7 Å². The average Bonchev–Trinajstić information content (AvgIpc) is 3.23. The summed E-state index contributed by atoms with van der Waals surface area (Å²) < 4.78 is 12.9. The van der Waals surface area contributed by atoms with Gasteiger partial charge in [-0.05, 0) is 36.3 Å². The van der Waals surface area contributed by atoms with E-state index in [-0.39, 0.29) is 12.2 Å². The van der Waals surface area contributed by atoms with Gasteiger partial charge in [-0.25, -0.2) is 9.79 Å². The third-order valence-corrected chi connectivity index (χ3v) is 6.86. The number of esters is 1. The Morgan fingerprint density at radius 1 is 1.03 bits per heavy atom. The predicted octanol–water partition coefficient (Wildman–Crippen LogP) is 3.94. The normalized spacial score (nSPS) is 15.3. The third kappa shape index (κ3) is 4.41. The van der Waals surface area contributed by atoms with Crippen molar-refractivity contribution in [2.45, 2.75) is 13.0 Å². The van der Waals surface area contributed by atoms with Crippen LogP contribution < -0.4 is 19.6 Å². The van der Waals surface area contributed by atoms with Gasteiger partial charge in [0.25, 0.3) is 5.56 Å². The molecule has 6 nitrogen and oxygen atoms in total. The second kappa shape index (κ2) is 10.2. The molecule has 0 spiro atoms. The van der Waals surface area contributed by atoms with Crippen LogP contribution >= 0.6 is 11.3 Å². The first-order valence-electron chi connectivity index (χ1n) is 11.6. The molecule has 2 heterocycles. The summed E-state index contributed by atoms with van der Waals surface area (Å²) in [7, 11) is 1.61. The summed E-state index contributed by atoms with van der Waals surface area (Å²) in [6.45, 7) is 1.98. The molecule has 5 rings (SSSR count). The quantitative estimate of drug-likeness (QED) is 0.379. The summed E-state index contributed by atoms with van der Waals surface area (Å²) in [5.41, 5.74) is 3.06. The number of benzene rings is 3. The van der Waals surface area contributed by atoms with E-state index in [1.165, 1.54) is 11.3 Å². The molecule has 36 heavy (non-hydrogen) atoms. The fourth-order valence-corrected chi connectivity index (χ4v) is 5.27. The van der Waals surface area contributed by atoms with Gasteiger partial charge in [0, 0.05) is 5.56 Å². The highest BCUT2D eigenvalue weighted by Crippen LogP contribution is 2.35. The van der Waals surface area contributed by atoms with Crippen molar-refractivity contribution < 1.29 is 14.3 Å². The minimum absolute atomic E-state index is 0.214. The van der Waals surface area contributed by atoms with Gasteiger partial charge in [0.2, 0.25) is 0 Å². The van der Waals surface area contributed by atoms with Gasteiger partial charge in [-0.1, -0.05) is 84.1 Å². The highest BCUT2D eigenvalue weighted by atomic mass is 32.1. The van der Waals surface area contributed by atoms with E-state index in [1.54, 1.807) is 18.6 Å². The Morgan fingerprint density at radius 3 is 2.44 bits per heavy atom. The second-order valence-corrected chi connectivity index (χ2v) is 9.13. The fourth-order valence-electron chi connectivity index (χ4n) is 4.27. The minimum atomic E-state index is -0.677. The number of carbonyl (C=O) groups excluding carboxylic acids is 1. The van der Waals surface area contributed by atoms with Crippen LogP contribution in [0.3, 0.4) is 0 Å². The molecule has 0 bridgehead atoms. The zero-order chi connectivity index (χ0) is 25.1. The minimum Gasteiger partial charge on any atom is -0.497 e. The maximum absolute atomic E-state index is 13.8. The lowest BCUT2D eigenvalue weighted by Crippen LogP contribution is -2.39. The molecule has 1 aliphatic rings.